The molecule has 1 N–H and O–H groups in total. The molecule has 0 saturated carbocycles. The Bertz CT molecular complexity index is 384. The van der Waals surface area contributed by atoms with Crippen LogP contribution in [-0.4, -0.2) is 23.1 Å². The maximum Gasteiger partial charge on any atom is 0.0652 e. The molecule has 2 rings (SSSR count). The van der Waals surface area contributed by atoms with Gasteiger partial charge in [-0.1, -0.05) is 23.2 Å². The van der Waals surface area contributed by atoms with Gasteiger partial charge in [0.15, 0.2) is 0 Å². The number of hydrogen-bond acceptors (Lipinski definition) is 3. The van der Waals surface area contributed by atoms with E-state index in [0.29, 0.717) is 10.0 Å². The topological polar surface area (TPSA) is 23.5 Å². The molecule has 0 aromatic heterocycles. The van der Waals surface area contributed by atoms with E-state index in [1.54, 1.807) is 24.9 Å². The summed E-state index contributed by atoms with van der Waals surface area (Å²) in [6, 6.07) is 3.71. The minimum Gasteiger partial charge on any atom is -0.314 e. The molecule has 1 atom stereocenters. The van der Waals surface area contributed by atoms with E-state index in [1.165, 1.54) is 5.06 Å². The molecule has 1 aromatic carbocycles. The summed E-state index contributed by atoms with van der Waals surface area (Å²) in [6.45, 7) is 0. The van der Waals surface area contributed by atoms with Gasteiger partial charge in [-0.15, -0.1) is 11.8 Å². The number of hydroxylamine groups is 2. The molecule has 15 heavy (non-hydrogen) atoms. The maximum absolute atomic E-state index is 9.56. The van der Waals surface area contributed by atoms with Crippen LogP contribution >= 0.6 is 35.0 Å². The quantitative estimate of drug-likeness (QED) is 0.779. The fraction of sp³-hybridized carbons (Fsp3) is 0.400. The van der Waals surface area contributed by atoms with Crippen LogP contribution in [-0.2, 0) is 0 Å². The van der Waals surface area contributed by atoms with Gasteiger partial charge in [-0.25, -0.2) is 0 Å². The molecule has 5 heteroatoms. The Labute approximate surface area is 103 Å². The summed E-state index contributed by atoms with van der Waals surface area (Å²) in [7, 11) is 1.64. The number of halogens is 2. The lowest BCUT2D eigenvalue weighted by Crippen LogP contribution is -2.24. The smallest absolute Gasteiger partial charge is 0.0652 e. The van der Waals surface area contributed by atoms with Crippen LogP contribution in [0.5, 0.6) is 0 Å². The molecule has 1 unspecified atom stereocenters. The SMILES string of the molecule is CN(O)C1CCSc2ccc(Cl)c(Cl)c21. The van der Waals surface area contributed by atoms with Crippen LogP contribution in [0, 0.1) is 0 Å². The summed E-state index contributed by atoms with van der Waals surface area (Å²) in [5, 5.41) is 11.9. The Balaban J connectivity index is 2.53. The predicted octanol–water partition coefficient (Wildman–Crippen LogP) is 3.85. The second-order valence-electron chi connectivity index (χ2n) is 3.50. The van der Waals surface area contributed by atoms with Gasteiger partial charge >= 0.3 is 0 Å². The number of benzene rings is 1. The molecule has 82 valence electrons. The van der Waals surface area contributed by atoms with Gasteiger partial charge in [-0.2, -0.15) is 5.06 Å². The molecule has 1 heterocycles. The van der Waals surface area contributed by atoms with Gasteiger partial charge in [0.2, 0.25) is 0 Å². The van der Waals surface area contributed by atoms with Crippen molar-refractivity contribution < 1.29 is 5.21 Å². The third-order valence-electron chi connectivity index (χ3n) is 2.53. The molecule has 0 radical (unpaired) electrons. The van der Waals surface area contributed by atoms with Crippen LogP contribution < -0.4 is 0 Å². The molecular weight excluding hydrogens is 253 g/mol. The lowest BCUT2D eigenvalue weighted by molar-refractivity contribution is -0.106. The summed E-state index contributed by atoms with van der Waals surface area (Å²) in [5.41, 5.74) is 0.949. The normalized spacial score (nSPS) is 20.5. The van der Waals surface area contributed by atoms with Crippen molar-refractivity contribution in [2.24, 2.45) is 0 Å². The molecule has 0 spiro atoms. The molecule has 0 bridgehead atoms. The zero-order valence-corrected chi connectivity index (χ0v) is 10.5. The van der Waals surface area contributed by atoms with Crippen LogP contribution in [0.2, 0.25) is 10.0 Å². The summed E-state index contributed by atoms with van der Waals surface area (Å²) < 4.78 is 0. The van der Waals surface area contributed by atoms with Gasteiger partial charge in [0.1, 0.15) is 0 Å². The molecular formula is C10H11Cl2NOS. The van der Waals surface area contributed by atoms with E-state index in [9.17, 15) is 5.21 Å². The monoisotopic (exact) mass is 263 g/mol. The van der Waals surface area contributed by atoms with E-state index >= 15 is 0 Å². The van der Waals surface area contributed by atoms with Crippen LogP contribution in [0.15, 0.2) is 17.0 Å². The van der Waals surface area contributed by atoms with E-state index in [-0.39, 0.29) is 6.04 Å². The van der Waals surface area contributed by atoms with E-state index < -0.39 is 0 Å². The number of fused-ring (bicyclic) bond motifs is 1. The molecule has 2 nitrogen and oxygen atoms in total. The Morgan fingerprint density at radius 1 is 1.47 bits per heavy atom. The first-order valence-electron chi connectivity index (χ1n) is 4.63. The lowest BCUT2D eigenvalue weighted by Gasteiger charge is -2.29. The van der Waals surface area contributed by atoms with E-state index in [0.717, 1.165) is 22.6 Å². The Morgan fingerprint density at radius 2 is 2.20 bits per heavy atom. The molecule has 0 amide bonds. The van der Waals surface area contributed by atoms with Gasteiger partial charge in [0.25, 0.3) is 0 Å². The van der Waals surface area contributed by atoms with Crippen LogP contribution in [0.25, 0.3) is 0 Å². The first kappa shape index (κ1) is 11.6. The zero-order valence-electron chi connectivity index (χ0n) is 8.20. The largest absolute Gasteiger partial charge is 0.314 e. The predicted molar refractivity (Wildman–Crippen MR) is 64.1 cm³/mol. The van der Waals surface area contributed by atoms with Crippen molar-refractivity contribution >= 4 is 35.0 Å². The highest BCUT2D eigenvalue weighted by molar-refractivity contribution is 7.99. The average molecular weight is 264 g/mol. The second-order valence-corrected chi connectivity index (χ2v) is 5.42. The zero-order chi connectivity index (χ0) is 11.0. The van der Waals surface area contributed by atoms with Gasteiger partial charge in [0, 0.05) is 17.5 Å². The molecule has 1 aliphatic heterocycles. The van der Waals surface area contributed by atoms with Gasteiger partial charge < -0.3 is 5.21 Å². The summed E-state index contributed by atoms with van der Waals surface area (Å²) in [6.07, 6.45) is 0.880. The van der Waals surface area contributed by atoms with Gasteiger partial charge in [-0.3, -0.25) is 0 Å². The summed E-state index contributed by atoms with van der Waals surface area (Å²) in [5.74, 6) is 0.987. The Kier molecular flexibility index (Phi) is 3.48. The van der Waals surface area contributed by atoms with Crippen LogP contribution in [0.1, 0.15) is 18.0 Å². The van der Waals surface area contributed by atoms with Crippen LogP contribution in [0.4, 0.5) is 0 Å². The summed E-state index contributed by atoms with van der Waals surface area (Å²) >= 11 is 13.9. The Hall–Kier alpha value is 0.0700. The highest BCUT2D eigenvalue weighted by Crippen LogP contribution is 2.44. The molecule has 0 aliphatic carbocycles. The molecule has 1 aliphatic rings. The van der Waals surface area contributed by atoms with Crippen molar-refractivity contribution in [1.82, 2.24) is 5.06 Å². The average Bonchev–Trinajstić information content (AvgIpc) is 2.23. The van der Waals surface area contributed by atoms with E-state index in [2.05, 4.69) is 0 Å². The van der Waals surface area contributed by atoms with Crippen LogP contribution in [0.3, 0.4) is 0 Å². The fourth-order valence-electron chi connectivity index (χ4n) is 1.78. The fourth-order valence-corrected chi connectivity index (χ4v) is 3.41. The first-order chi connectivity index (χ1) is 7.11. The minimum absolute atomic E-state index is 0.0487. The number of nitrogens with zero attached hydrogens (tertiary/aromatic N) is 1. The third kappa shape index (κ3) is 2.12. The second kappa shape index (κ2) is 4.52. The number of rotatable bonds is 1. The van der Waals surface area contributed by atoms with E-state index in [4.69, 9.17) is 23.2 Å². The third-order valence-corrected chi connectivity index (χ3v) is 4.45. The number of hydrogen-bond donors (Lipinski definition) is 1. The van der Waals surface area contributed by atoms with Crippen molar-refractivity contribution in [3.8, 4) is 0 Å². The van der Waals surface area contributed by atoms with Gasteiger partial charge in [0.05, 0.1) is 16.1 Å². The lowest BCUT2D eigenvalue weighted by atomic mass is 10.0. The standard InChI is InChI=1S/C10H11Cl2NOS/c1-13(14)7-4-5-15-8-3-2-6(11)10(12)9(7)8/h2-3,7,14H,4-5H2,1H3. The van der Waals surface area contributed by atoms with Crippen molar-refractivity contribution in [1.29, 1.82) is 0 Å². The molecule has 0 fully saturated rings. The van der Waals surface area contributed by atoms with Crippen molar-refractivity contribution in [2.75, 3.05) is 12.8 Å². The molecule has 1 aromatic rings. The number of thioether (sulfide) groups is 1. The van der Waals surface area contributed by atoms with Crippen molar-refractivity contribution in [3.05, 3.63) is 27.7 Å². The Morgan fingerprint density at radius 3 is 2.87 bits per heavy atom. The van der Waals surface area contributed by atoms with Crippen molar-refractivity contribution in [3.63, 3.8) is 0 Å². The maximum atomic E-state index is 9.56. The van der Waals surface area contributed by atoms with Gasteiger partial charge in [-0.05, 0) is 24.3 Å². The first-order valence-corrected chi connectivity index (χ1v) is 6.38. The minimum atomic E-state index is -0.0487. The molecule has 0 saturated heterocycles. The highest BCUT2D eigenvalue weighted by Gasteiger charge is 2.27. The van der Waals surface area contributed by atoms with E-state index in [1.807, 2.05) is 6.07 Å². The summed E-state index contributed by atoms with van der Waals surface area (Å²) in [4.78, 5) is 1.11. The van der Waals surface area contributed by atoms with Crippen molar-refractivity contribution in [2.45, 2.75) is 17.4 Å². The highest BCUT2D eigenvalue weighted by atomic mass is 35.5.